The Hall–Kier alpha value is -3.51. The second-order valence-electron chi connectivity index (χ2n) is 13.8. The minimum atomic E-state index is -1.53. The normalized spacial score (nSPS) is 40.2. The highest BCUT2D eigenvalue weighted by Gasteiger charge is 2.79. The number of ketones is 1. The molecule has 3 aliphatic carbocycles. The first-order chi connectivity index (χ1) is 21.4. The van der Waals surface area contributed by atoms with Gasteiger partial charge in [0.15, 0.2) is 11.9 Å². The average molecular weight is 651 g/mol. The Balaban J connectivity index is 2.04. The van der Waals surface area contributed by atoms with Crippen LogP contribution in [0.1, 0.15) is 81.6 Å². The lowest BCUT2D eigenvalue weighted by Gasteiger charge is -2.69. The van der Waals surface area contributed by atoms with E-state index < -0.39 is 119 Å². The SMILES string of the molecule is CCC(C)C(=O)O[C@H]1C(=O)O[C@@H]2C[C@H]3[C@H](C)C[C@H](OC(C)=O)[C@@H](OC(C)=O)[C@]3(C)[C@H]3C(=O)[C@H](OC(C)=O)[C@H](C)[C@H]1[C@@]32COC(C)=O. The molecular weight excluding hydrogens is 604 g/mol. The van der Waals surface area contributed by atoms with Crippen molar-refractivity contribution in [2.75, 3.05) is 6.61 Å². The first kappa shape index (κ1) is 35.3. The Labute approximate surface area is 268 Å². The van der Waals surface area contributed by atoms with E-state index in [9.17, 15) is 33.6 Å². The maximum Gasteiger partial charge on any atom is 0.348 e. The summed E-state index contributed by atoms with van der Waals surface area (Å²) < 4.78 is 35.0. The fourth-order valence-electron chi connectivity index (χ4n) is 9.18. The largest absolute Gasteiger partial charge is 0.465 e. The summed E-state index contributed by atoms with van der Waals surface area (Å²) in [7, 11) is 0. The van der Waals surface area contributed by atoms with Gasteiger partial charge in [-0.05, 0) is 31.1 Å². The van der Waals surface area contributed by atoms with Crippen LogP contribution in [0, 0.1) is 46.3 Å². The molecule has 0 radical (unpaired) electrons. The zero-order valence-electron chi connectivity index (χ0n) is 28.0. The molecule has 0 amide bonds. The Morgan fingerprint density at radius 1 is 0.870 bits per heavy atom. The van der Waals surface area contributed by atoms with Crippen LogP contribution in [-0.2, 0) is 62.0 Å². The summed E-state index contributed by atoms with van der Waals surface area (Å²) in [4.78, 5) is 91.7. The second kappa shape index (κ2) is 12.9. The molecule has 13 atom stereocenters. The van der Waals surface area contributed by atoms with Crippen molar-refractivity contribution >= 4 is 41.6 Å². The minimum Gasteiger partial charge on any atom is -0.465 e. The van der Waals surface area contributed by atoms with Gasteiger partial charge in [0.05, 0.1) is 11.3 Å². The summed E-state index contributed by atoms with van der Waals surface area (Å²) >= 11 is 0. The highest BCUT2D eigenvalue weighted by Crippen LogP contribution is 2.69. The van der Waals surface area contributed by atoms with Gasteiger partial charge in [-0.1, -0.05) is 34.6 Å². The van der Waals surface area contributed by atoms with Gasteiger partial charge >= 0.3 is 35.8 Å². The molecule has 0 N–H and O–H groups in total. The van der Waals surface area contributed by atoms with Crippen molar-refractivity contribution in [3.63, 3.8) is 0 Å². The van der Waals surface area contributed by atoms with Crippen LogP contribution in [0.25, 0.3) is 0 Å². The van der Waals surface area contributed by atoms with Crippen LogP contribution in [0.15, 0.2) is 0 Å². The Bertz CT molecular complexity index is 1290. The molecule has 0 spiro atoms. The number of carbonyl (C=O) groups excluding carboxylic acids is 7. The number of rotatable bonds is 8. The van der Waals surface area contributed by atoms with Crippen molar-refractivity contribution in [1.29, 1.82) is 0 Å². The zero-order chi connectivity index (χ0) is 34.5. The molecule has 256 valence electrons. The van der Waals surface area contributed by atoms with Crippen LogP contribution < -0.4 is 0 Å². The van der Waals surface area contributed by atoms with Crippen LogP contribution in [0.3, 0.4) is 0 Å². The van der Waals surface area contributed by atoms with Crippen molar-refractivity contribution in [2.45, 2.75) is 112 Å². The summed E-state index contributed by atoms with van der Waals surface area (Å²) in [5.41, 5.74) is -2.82. The highest BCUT2D eigenvalue weighted by atomic mass is 16.6. The molecular formula is C33H46O13. The van der Waals surface area contributed by atoms with Crippen LogP contribution in [0.5, 0.6) is 0 Å². The molecule has 46 heavy (non-hydrogen) atoms. The van der Waals surface area contributed by atoms with Gasteiger partial charge in [0.1, 0.15) is 24.9 Å². The molecule has 0 bridgehead atoms. The van der Waals surface area contributed by atoms with E-state index in [0.29, 0.717) is 12.8 Å². The first-order valence-electron chi connectivity index (χ1n) is 16.0. The lowest BCUT2D eigenvalue weighted by molar-refractivity contribution is -0.303. The summed E-state index contributed by atoms with van der Waals surface area (Å²) in [6, 6.07) is 0. The van der Waals surface area contributed by atoms with Gasteiger partial charge in [-0.15, -0.1) is 0 Å². The monoisotopic (exact) mass is 650 g/mol. The predicted molar refractivity (Wildman–Crippen MR) is 156 cm³/mol. The van der Waals surface area contributed by atoms with E-state index in [-0.39, 0.29) is 12.3 Å². The van der Waals surface area contributed by atoms with Crippen molar-refractivity contribution in [1.82, 2.24) is 0 Å². The molecule has 4 rings (SSSR count). The molecule has 4 fully saturated rings. The lowest BCUT2D eigenvalue weighted by Crippen LogP contribution is -2.79. The quantitative estimate of drug-likeness (QED) is 0.277. The Kier molecular flexibility index (Phi) is 9.95. The van der Waals surface area contributed by atoms with Crippen molar-refractivity contribution in [3.05, 3.63) is 0 Å². The number of esters is 6. The standard InChI is InChI=1S/C33H46O13/c1-10-14(2)30(39)46-27-24-16(4)26(43-19(7)36)25(38)28-32(9)21(12-23(45-31(27)40)33(24,28)13-41-17(5)34)15(3)11-22(42-18(6)35)29(32)44-20(8)37/h14-16,21-24,26-29H,10-13H2,1-9H3/t14?,15-,16-,21+,22+,23-,24-,26-,27-,28-,29-,32+,33+/m1/s1. The number of fused-ring (bicyclic) bond motifs is 2. The number of carbonyl (C=O) groups is 7. The van der Waals surface area contributed by atoms with Gasteiger partial charge in [-0.2, -0.15) is 0 Å². The van der Waals surface area contributed by atoms with Crippen molar-refractivity contribution < 1.29 is 62.0 Å². The number of ether oxygens (including phenoxy) is 6. The highest BCUT2D eigenvalue weighted by molar-refractivity contribution is 5.92. The van der Waals surface area contributed by atoms with E-state index in [1.54, 1.807) is 27.7 Å². The third-order valence-corrected chi connectivity index (χ3v) is 11.0. The molecule has 1 unspecified atom stereocenters. The van der Waals surface area contributed by atoms with Gasteiger partial charge in [0.25, 0.3) is 0 Å². The van der Waals surface area contributed by atoms with Crippen LogP contribution in [0.2, 0.25) is 0 Å². The van der Waals surface area contributed by atoms with E-state index >= 15 is 0 Å². The van der Waals surface area contributed by atoms with Gasteiger partial charge < -0.3 is 28.4 Å². The fraction of sp³-hybridized carbons (Fsp3) is 0.788. The molecule has 1 aliphatic heterocycles. The van der Waals surface area contributed by atoms with E-state index in [2.05, 4.69) is 0 Å². The molecule has 4 aliphatic rings. The van der Waals surface area contributed by atoms with E-state index in [1.807, 2.05) is 6.92 Å². The van der Waals surface area contributed by atoms with Crippen molar-refractivity contribution in [2.24, 2.45) is 46.3 Å². The molecule has 0 aromatic heterocycles. The maximum atomic E-state index is 15.0. The van der Waals surface area contributed by atoms with E-state index in [0.717, 1.165) is 6.92 Å². The molecule has 1 saturated heterocycles. The van der Waals surface area contributed by atoms with Gasteiger partial charge in [-0.25, -0.2) is 4.79 Å². The molecule has 13 nitrogen and oxygen atoms in total. The Morgan fingerprint density at radius 2 is 1.48 bits per heavy atom. The maximum absolute atomic E-state index is 15.0. The minimum absolute atomic E-state index is 0.187. The molecule has 3 saturated carbocycles. The van der Waals surface area contributed by atoms with Crippen LogP contribution >= 0.6 is 0 Å². The number of hydrogen-bond acceptors (Lipinski definition) is 13. The molecule has 1 heterocycles. The fourth-order valence-corrected chi connectivity index (χ4v) is 9.18. The van der Waals surface area contributed by atoms with Crippen molar-refractivity contribution in [3.8, 4) is 0 Å². The number of hydrogen-bond donors (Lipinski definition) is 0. The van der Waals surface area contributed by atoms with Gasteiger partial charge in [0.2, 0.25) is 6.10 Å². The third kappa shape index (κ3) is 5.78. The predicted octanol–water partition coefficient (Wildman–Crippen LogP) is 2.73. The summed E-state index contributed by atoms with van der Waals surface area (Å²) in [5.74, 6) is -9.10. The first-order valence-corrected chi connectivity index (χ1v) is 16.0. The van der Waals surface area contributed by atoms with E-state index in [4.69, 9.17) is 28.4 Å². The lowest BCUT2D eigenvalue weighted by atomic mass is 9.37. The van der Waals surface area contributed by atoms with Gasteiger partial charge in [-0.3, -0.25) is 28.8 Å². The summed E-state index contributed by atoms with van der Waals surface area (Å²) in [5, 5.41) is 0. The topological polar surface area (TPSA) is 175 Å². The van der Waals surface area contributed by atoms with E-state index in [1.165, 1.54) is 20.8 Å². The summed E-state index contributed by atoms with van der Waals surface area (Å²) in [6.45, 7) is 13.2. The molecule has 0 aromatic rings. The zero-order valence-corrected chi connectivity index (χ0v) is 28.0. The summed E-state index contributed by atoms with van der Waals surface area (Å²) in [6.07, 6.45) is -5.10. The molecule has 0 aromatic carbocycles. The van der Waals surface area contributed by atoms with Gasteiger partial charge in [0, 0.05) is 50.9 Å². The third-order valence-electron chi connectivity index (χ3n) is 11.0. The Morgan fingerprint density at radius 3 is 2.02 bits per heavy atom. The average Bonchev–Trinajstić information content (AvgIpc) is 2.95. The molecule has 13 heteroatoms. The second-order valence-corrected chi connectivity index (χ2v) is 13.8. The number of Topliss-reactive ketones (excluding diaryl/α,β-unsaturated/α-hetero) is 1. The van der Waals surface area contributed by atoms with Crippen LogP contribution in [0.4, 0.5) is 0 Å². The van der Waals surface area contributed by atoms with Crippen LogP contribution in [-0.4, -0.2) is 78.7 Å². The smallest absolute Gasteiger partial charge is 0.348 e.